The molecule has 37 heavy (non-hydrogen) atoms. The molecule has 2 aliphatic rings. The van der Waals surface area contributed by atoms with E-state index in [1.54, 1.807) is 12.1 Å². The minimum absolute atomic E-state index is 0.0510. The number of benzene rings is 2. The normalized spacial score (nSPS) is 22.3. The number of alkyl halides is 3. The van der Waals surface area contributed by atoms with Crippen LogP contribution in [-0.4, -0.2) is 29.6 Å². The van der Waals surface area contributed by atoms with Crippen LogP contribution in [0.2, 0.25) is 0 Å². The van der Waals surface area contributed by atoms with Crippen molar-refractivity contribution in [2.24, 2.45) is 5.73 Å². The molecule has 5 rings (SSSR count). The predicted molar refractivity (Wildman–Crippen MR) is 142 cm³/mol. The fourth-order valence-corrected chi connectivity index (χ4v) is 6.36. The van der Waals surface area contributed by atoms with Gasteiger partial charge in [0.25, 0.3) is 0 Å². The van der Waals surface area contributed by atoms with Gasteiger partial charge in [-0.2, -0.15) is 0 Å². The van der Waals surface area contributed by atoms with Crippen LogP contribution in [0.4, 0.5) is 13.2 Å². The van der Waals surface area contributed by atoms with Gasteiger partial charge in [-0.1, -0.05) is 49.6 Å². The van der Waals surface area contributed by atoms with Crippen molar-refractivity contribution in [1.29, 1.82) is 0 Å². The number of fused-ring (bicyclic) bond motifs is 1. The number of para-hydroxylation sites is 1. The first kappa shape index (κ1) is 26.1. The molecule has 2 aromatic carbocycles. The highest BCUT2D eigenvalue weighted by atomic mass is 19.4. The maximum absolute atomic E-state index is 13.0. The molecule has 200 valence electrons. The molecule has 1 aromatic heterocycles. The summed E-state index contributed by atoms with van der Waals surface area (Å²) in [5, 5.41) is 4.89. The van der Waals surface area contributed by atoms with Gasteiger partial charge in [-0.3, -0.25) is 0 Å². The van der Waals surface area contributed by atoms with Crippen molar-refractivity contribution < 1.29 is 17.9 Å². The lowest BCUT2D eigenvalue weighted by molar-refractivity contribution is -0.274. The molecule has 2 saturated carbocycles. The van der Waals surface area contributed by atoms with Gasteiger partial charge in [0.2, 0.25) is 0 Å². The zero-order valence-corrected chi connectivity index (χ0v) is 21.4. The fraction of sp³-hybridized carbons (Fsp3) is 0.533. The summed E-state index contributed by atoms with van der Waals surface area (Å²) in [6.07, 6.45) is 8.67. The highest BCUT2D eigenvalue weighted by Gasteiger charge is 2.32. The van der Waals surface area contributed by atoms with E-state index in [1.165, 1.54) is 54.6 Å². The molecule has 2 aliphatic carbocycles. The lowest BCUT2D eigenvalue weighted by Gasteiger charge is -2.28. The van der Waals surface area contributed by atoms with E-state index in [0.717, 1.165) is 44.2 Å². The van der Waals surface area contributed by atoms with Crippen LogP contribution in [-0.2, 0) is 0 Å². The molecule has 0 radical (unpaired) electrons. The molecule has 1 unspecified atom stereocenters. The summed E-state index contributed by atoms with van der Waals surface area (Å²) < 4.78 is 45.7. The molecule has 0 spiro atoms. The minimum atomic E-state index is -4.71. The topological polar surface area (TPSA) is 52.2 Å². The Hall–Kier alpha value is -2.51. The average Bonchev–Trinajstić information content (AvgIpc) is 3.27. The summed E-state index contributed by atoms with van der Waals surface area (Å²) in [4.78, 5) is 0. The van der Waals surface area contributed by atoms with Crippen molar-refractivity contribution in [3.63, 3.8) is 0 Å². The van der Waals surface area contributed by atoms with E-state index >= 15 is 0 Å². The maximum Gasteiger partial charge on any atom is 0.573 e. The third-order valence-electron chi connectivity index (χ3n) is 8.25. The van der Waals surface area contributed by atoms with E-state index in [9.17, 15) is 13.2 Å². The Bertz CT molecular complexity index is 1160. The molecule has 4 nitrogen and oxygen atoms in total. The first-order valence-corrected chi connectivity index (χ1v) is 13.8. The second-order valence-electron chi connectivity index (χ2n) is 10.8. The summed E-state index contributed by atoms with van der Waals surface area (Å²) >= 11 is 0. The Morgan fingerprint density at radius 1 is 0.946 bits per heavy atom. The number of rotatable bonds is 8. The lowest BCUT2D eigenvalue weighted by atomic mass is 9.87. The third kappa shape index (κ3) is 6.50. The summed E-state index contributed by atoms with van der Waals surface area (Å²) in [5.41, 5.74) is 9.32. The Morgan fingerprint density at radius 2 is 1.70 bits per heavy atom. The first-order valence-electron chi connectivity index (χ1n) is 13.8. The Kier molecular flexibility index (Phi) is 8.10. The van der Waals surface area contributed by atoms with E-state index in [-0.39, 0.29) is 11.7 Å². The van der Waals surface area contributed by atoms with Gasteiger partial charge >= 0.3 is 6.36 Å². The van der Waals surface area contributed by atoms with E-state index in [2.05, 4.69) is 45.1 Å². The predicted octanol–water partition coefficient (Wildman–Crippen LogP) is 7.43. The van der Waals surface area contributed by atoms with Gasteiger partial charge in [-0.15, -0.1) is 13.2 Å². The van der Waals surface area contributed by atoms with Gasteiger partial charge in [0.05, 0.1) is 0 Å². The highest BCUT2D eigenvalue weighted by molar-refractivity contribution is 5.85. The van der Waals surface area contributed by atoms with Crippen LogP contribution in [0.5, 0.6) is 5.75 Å². The lowest BCUT2D eigenvalue weighted by Crippen LogP contribution is -2.38. The second-order valence-corrected chi connectivity index (χ2v) is 10.8. The largest absolute Gasteiger partial charge is 0.573 e. The van der Waals surface area contributed by atoms with Gasteiger partial charge in [0.15, 0.2) is 0 Å². The van der Waals surface area contributed by atoms with Crippen molar-refractivity contribution >= 4 is 10.9 Å². The van der Waals surface area contributed by atoms with E-state index in [1.807, 2.05) is 6.07 Å². The molecule has 3 aromatic rings. The average molecular weight is 514 g/mol. The Labute approximate surface area is 217 Å². The maximum atomic E-state index is 13.0. The number of hydrogen-bond donors (Lipinski definition) is 2. The van der Waals surface area contributed by atoms with E-state index < -0.39 is 6.36 Å². The Balaban J connectivity index is 1.47. The summed E-state index contributed by atoms with van der Waals surface area (Å²) in [7, 11) is 0. The van der Waals surface area contributed by atoms with E-state index in [0.29, 0.717) is 18.1 Å². The molecule has 0 amide bonds. The first-order chi connectivity index (χ1) is 17.9. The molecular formula is C30H38F3N3O. The molecule has 7 heteroatoms. The number of halogens is 3. The van der Waals surface area contributed by atoms with Crippen molar-refractivity contribution in [2.75, 3.05) is 6.54 Å². The van der Waals surface area contributed by atoms with Gasteiger partial charge in [0.1, 0.15) is 5.75 Å². The minimum Gasteiger partial charge on any atom is -0.406 e. The number of aromatic nitrogens is 1. The number of nitrogens with two attached hydrogens (primary N) is 1. The van der Waals surface area contributed by atoms with Crippen LogP contribution in [0.15, 0.2) is 54.7 Å². The van der Waals surface area contributed by atoms with Crippen LogP contribution >= 0.6 is 0 Å². The van der Waals surface area contributed by atoms with Crippen molar-refractivity contribution in [1.82, 2.24) is 9.88 Å². The monoisotopic (exact) mass is 513 g/mol. The molecule has 3 N–H and O–H groups in total. The molecular weight excluding hydrogens is 475 g/mol. The summed E-state index contributed by atoms with van der Waals surface area (Å²) in [5.74, 6) is -0.217. The van der Waals surface area contributed by atoms with Crippen LogP contribution < -0.4 is 15.8 Å². The smallest absolute Gasteiger partial charge is 0.406 e. The highest BCUT2D eigenvalue weighted by Crippen LogP contribution is 2.40. The van der Waals surface area contributed by atoms with Gasteiger partial charge in [0, 0.05) is 41.1 Å². The van der Waals surface area contributed by atoms with Crippen molar-refractivity contribution in [2.45, 2.75) is 94.6 Å². The zero-order chi connectivity index (χ0) is 25.8. The molecule has 0 aliphatic heterocycles. The molecule has 1 heterocycles. The number of ether oxygens (including phenoxy) is 1. The third-order valence-corrected chi connectivity index (χ3v) is 8.25. The standard InChI is InChI=1S/C30H38F3N3O/c31-30(32,33)37-25-10-6-7-21(19-25)26(17-18-35-23-15-13-22(34)14-16-23)28-20-36(24-8-2-1-3-9-24)29-12-5-4-11-27(28)29/h4-7,10-12,19-20,22-24,26,35H,1-3,8-9,13-18,34H2. The molecule has 2 fully saturated rings. The van der Waals surface area contributed by atoms with Gasteiger partial charge < -0.3 is 20.4 Å². The number of hydrogen-bond acceptors (Lipinski definition) is 3. The van der Waals surface area contributed by atoms with Crippen molar-refractivity contribution in [3.8, 4) is 5.75 Å². The molecule has 0 bridgehead atoms. The SMILES string of the molecule is NC1CCC(NCCC(c2cccc(OC(F)(F)F)c2)c2cn(C3CCCCC3)c3ccccc23)CC1. The Morgan fingerprint density at radius 3 is 2.46 bits per heavy atom. The zero-order valence-electron chi connectivity index (χ0n) is 21.4. The van der Waals surface area contributed by atoms with Crippen LogP contribution in [0, 0.1) is 0 Å². The summed E-state index contributed by atoms with van der Waals surface area (Å²) in [6.45, 7) is 0.790. The van der Waals surface area contributed by atoms with Crippen LogP contribution in [0.25, 0.3) is 10.9 Å². The van der Waals surface area contributed by atoms with Gasteiger partial charge in [-0.25, -0.2) is 0 Å². The summed E-state index contributed by atoms with van der Waals surface area (Å²) in [6, 6.07) is 16.2. The van der Waals surface area contributed by atoms with Crippen LogP contribution in [0.3, 0.4) is 0 Å². The molecule has 1 atom stereocenters. The quantitative estimate of drug-likeness (QED) is 0.329. The van der Waals surface area contributed by atoms with Crippen molar-refractivity contribution in [3.05, 3.63) is 65.9 Å². The second kappa shape index (κ2) is 11.5. The van der Waals surface area contributed by atoms with Crippen LogP contribution in [0.1, 0.15) is 87.3 Å². The molecule has 0 saturated heterocycles. The fourth-order valence-electron chi connectivity index (χ4n) is 6.36. The van der Waals surface area contributed by atoms with Gasteiger partial charge in [-0.05, 0) is 80.8 Å². The number of nitrogens with zero attached hydrogens (tertiary/aromatic N) is 1. The number of nitrogens with one attached hydrogen (secondary N) is 1. The van der Waals surface area contributed by atoms with E-state index in [4.69, 9.17) is 5.73 Å².